The van der Waals surface area contributed by atoms with Crippen LogP contribution in [0.1, 0.15) is 38.3 Å². The van der Waals surface area contributed by atoms with E-state index in [1.54, 1.807) is 0 Å². The van der Waals surface area contributed by atoms with Crippen LogP contribution >= 0.6 is 11.3 Å². The summed E-state index contributed by atoms with van der Waals surface area (Å²) in [4.78, 5) is 28.4. The zero-order valence-electron chi connectivity index (χ0n) is 10.9. The number of carboxylic acid groups (broad SMARTS) is 1. The molecule has 2 rings (SSSR count). The molecule has 1 aromatic rings. The molecule has 1 saturated carbocycles. The fourth-order valence-corrected chi connectivity index (χ4v) is 2.53. The summed E-state index contributed by atoms with van der Waals surface area (Å²) in [5.41, 5.74) is 0.927. The molecule has 1 aliphatic rings. The van der Waals surface area contributed by atoms with E-state index in [0.717, 1.165) is 18.5 Å². The lowest BCUT2D eigenvalue weighted by molar-refractivity contribution is -0.137. The molecule has 7 heteroatoms. The third-order valence-corrected chi connectivity index (χ3v) is 3.66. The fraction of sp³-hybridized carbons (Fsp3) is 0.583. The Bertz CT molecular complexity index is 482. The summed E-state index contributed by atoms with van der Waals surface area (Å²) in [6, 6.07) is -0.324. The van der Waals surface area contributed by atoms with E-state index in [4.69, 9.17) is 5.11 Å². The molecule has 2 amide bonds. The number of thiazole rings is 1. The maximum atomic E-state index is 12.0. The third kappa shape index (κ3) is 3.66. The number of amides is 2. The third-order valence-electron chi connectivity index (χ3n) is 2.88. The first-order valence-electron chi connectivity index (χ1n) is 6.22. The summed E-state index contributed by atoms with van der Waals surface area (Å²) in [7, 11) is 0. The SMILES string of the molecule is CC(C)c1csc(NC(=O)N(CC(=O)O)C2CC2)n1. The second kappa shape index (κ2) is 5.56. The Morgan fingerprint density at radius 1 is 1.58 bits per heavy atom. The lowest BCUT2D eigenvalue weighted by Gasteiger charge is -2.19. The van der Waals surface area contributed by atoms with Crippen molar-refractivity contribution >= 4 is 28.5 Å². The van der Waals surface area contributed by atoms with Gasteiger partial charge in [0.15, 0.2) is 5.13 Å². The van der Waals surface area contributed by atoms with E-state index < -0.39 is 5.97 Å². The second-order valence-electron chi connectivity index (χ2n) is 4.92. The molecule has 0 aliphatic heterocycles. The molecule has 0 saturated heterocycles. The summed E-state index contributed by atoms with van der Waals surface area (Å²) in [5.74, 6) is -0.690. The highest BCUT2D eigenvalue weighted by molar-refractivity contribution is 7.13. The van der Waals surface area contributed by atoms with Gasteiger partial charge in [-0.05, 0) is 18.8 Å². The largest absolute Gasteiger partial charge is 0.480 e. The molecule has 0 aromatic carbocycles. The number of aromatic nitrogens is 1. The van der Waals surface area contributed by atoms with Gasteiger partial charge in [-0.25, -0.2) is 9.78 Å². The van der Waals surface area contributed by atoms with Crippen LogP contribution in [-0.4, -0.2) is 39.6 Å². The van der Waals surface area contributed by atoms with Crippen molar-refractivity contribution < 1.29 is 14.7 Å². The average molecular weight is 283 g/mol. The van der Waals surface area contributed by atoms with Gasteiger partial charge in [-0.2, -0.15) is 0 Å². The van der Waals surface area contributed by atoms with Crippen molar-refractivity contribution in [2.45, 2.75) is 38.6 Å². The number of hydrogen-bond donors (Lipinski definition) is 2. The summed E-state index contributed by atoms with van der Waals surface area (Å²) < 4.78 is 0. The summed E-state index contributed by atoms with van der Waals surface area (Å²) in [5, 5.41) is 13.9. The number of nitrogens with one attached hydrogen (secondary N) is 1. The van der Waals surface area contributed by atoms with Crippen molar-refractivity contribution in [1.82, 2.24) is 9.88 Å². The lowest BCUT2D eigenvalue weighted by atomic mass is 10.2. The molecule has 2 N–H and O–H groups in total. The molecule has 104 valence electrons. The van der Waals surface area contributed by atoms with Gasteiger partial charge in [-0.15, -0.1) is 11.3 Å². The maximum Gasteiger partial charge on any atom is 0.324 e. The van der Waals surface area contributed by atoms with E-state index in [9.17, 15) is 9.59 Å². The predicted octanol–water partition coefficient (Wildman–Crippen LogP) is 2.35. The zero-order valence-corrected chi connectivity index (χ0v) is 11.7. The number of carbonyl (C=O) groups is 2. The van der Waals surface area contributed by atoms with E-state index in [1.165, 1.54) is 16.2 Å². The Hall–Kier alpha value is -1.63. The zero-order chi connectivity index (χ0) is 14.0. The standard InChI is InChI=1S/C12H17N3O3S/c1-7(2)9-6-19-11(13-9)14-12(18)15(5-10(16)17)8-3-4-8/h6-8H,3-5H2,1-2H3,(H,16,17)(H,13,14,18). The van der Waals surface area contributed by atoms with Crippen molar-refractivity contribution in [3.05, 3.63) is 11.1 Å². The maximum absolute atomic E-state index is 12.0. The Kier molecular flexibility index (Phi) is 4.04. The van der Waals surface area contributed by atoms with Crippen LogP contribution in [0.5, 0.6) is 0 Å². The first-order valence-corrected chi connectivity index (χ1v) is 7.10. The topological polar surface area (TPSA) is 82.5 Å². The molecule has 0 atom stereocenters. The Morgan fingerprint density at radius 2 is 2.26 bits per heavy atom. The van der Waals surface area contributed by atoms with Gasteiger partial charge in [0.25, 0.3) is 0 Å². The second-order valence-corrected chi connectivity index (χ2v) is 5.77. The molecule has 6 nitrogen and oxygen atoms in total. The summed E-state index contributed by atoms with van der Waals surface area (Å²) in [6.45, 7) is 3.79. The molecule has 0 spiro atoms. The first kappa shape index (κ1) is 13.8. The highest BCUT2D eigenvalue weighted by atomic mass is 32.1. The number of carboxylic acids is 1. The number of nitrogens with zero attached hydrogens (tertiary/aromatic N) is 2. The minimum absolute atomic E-state index is 0.0561. The molecule has 0 radical (unpaired) electrons. The number of urea groups is 1. The van der Waals surface area contributed by atoms with Crippen LogP contribution in [0.4, 0.5) is 9.93 Å². The Morgan fingerprint density at radius 3 is 2.74 bits per heavy atom. The summed E-state index contributed by atoms with van der Waals surface area (Å²) in [6.07, 6.45) is 1.74. The van der Waals surface area contributed by atoms with Gasteiger partial charge in [-0.3, -0.25) is 10.1 Å². The molecule has 1 aromatic heterocycles. The molecule has 1 fully saturated rings. The molecule has 1 aliphatic carbocycles. The van der Waals surface area contributed by atoms with Crippen LogP contribution in [-0.2, 0) is 4.79 Å². The quantitative estimate of drug-likeness (QED) is 0.869. The van der Waals surface area contributed by atoms with Crippen molar-refractivity contribution in [2.75, 3.05) is 11.9 Å². The molecular weight excluding hydrogens is 266 g/mol. The number of anilines is 1. The fourth-order valence-electron chi connectivity index (χ4n) is 1.67. The lowest BCUT2D eigenvalue weighted by Crippen LogP contribution is -2.40. The van der Waals surface area contributed by atoms with Crippen molar-refractivity contribution in [3.63, 3.8) is 0 Å². The van der Waals surface area contributed by atoms with Crippen LogP contribution in [0.3, 0.4) is 0 Å². The normalized spacial score (nSPS) is 14.5. The van der Waals surface area contributed by atoms with Gasteiger partial charge in [-0.1, -0.05) is 13.8 Å². The van der Waals surface area contributed by atoms with Crippen LogP contribution < -0.4 is 5.32 Å². The summed E-state index contributed by atoms with van der Waals surface area (Å²) >= 11 is 1.36. The number of rotatable bonds is 5. The average Bonchev–Trinajstić information content (AvgIpc) is 3.05. The first-order chi connectivity index (χ1) is 8.97. The highest BCUT2D eigenvalue weighted by Gasteiger charge is 2.34. The monoisotopic (exact) mass is 283 g/mol. The van der Waals surface area contributed by atoms with Crippen LogP contribution in [0, 0.1) is 0 Å². The predicted molar refractivity (Wildman–Crippen MR) is 72.6 cm³/mol. The van der Waals surface area contributed by atoms with Crippen LogP contribution in [0.25, 0.3) is 0 Å². The van der Waals surface area contributed by atoms with E-state index in [0.29, 0.717) is 11.0 Å². The van der Waals surface area contributed by atoms with E-state index >= 15 is 0 Å². The van der Waals surface area contributed by atoms with E-state index in [1.807, 2.05) is 19.2 Å². The van der Waals surface area contributed by atoms with Gasteiger partial charge < -0.3 is 10.0 Å². The van der Waals surface area contributed by atoms with Gasteiger partial charge in [0.1, 0.15) is 6.54 Å². The number of carbonyl (C=O) groups excluding carboxylic acids is 1. The number of aliphatic carboxylic acids is 1. The van der Waals surface area contributed by atoms with E-state index in [-0.39, 0.29) is 18.6 Å². The molecule has 0 unspecified atom stereocenters. The number of hydrogen-bond acceptors (Lipinski definition) is 4. The Balaban J connectivity index is 1.99. The van der Waals surface area contributed by atoms with Crippen molar-refractivity contribution in [3.8, 4) is 0 Å². The van der Waals surface area contributed by atoms with Gasteiger partial charge in [0.05, 0.1) is 5.69 Å². The molecule has 0 bridgehead atoms. The molecule has 19 heavy (non-hydrogen) atoms. The Labute approximate surface area is 115 Å². The highest BCUT2D eigenvalue weighted by Crippen LogP contribution is 2.28. The van der Waals surface area contributed by atoms with Gasteiger partial charge in [0.2, 0.25) is 0 Å². The minimum atomic E-state index is -0.996. The minimum Gasteiger partial charge on any atom is -0.480 e. The van der Waals surface area contributed by atoms with Crippen LogP contribution in [0.2, 0.25) is 0 Å². The van der Waals surface area contributed by atoms with E-state index in [2.05, 4.69) is 10.3 Å². The van der Waals surface area contributed by atoms with Gasteiger partial charge >= 0.3 is 12.0 Å². The van der Waals surface area contributed by atoms with Crippen LogP contribution in [0.15, 0.2) is 5.38 Å². The van der Waals surface area contributed by atoms with Gasteiger partial charge in [0, 0.05) is 11.4 Å². The van der Waals surface area contributed by atoms with Crippen molar-refractivity contribution in [2.24, 2.45) is 0 Å². The van der Waals surface area contributed by atoms with Crippen molar-refractivity contribution in [1.29, 1.82) is 0 Å². The molecule has 1 heterocycles. The molecular formula is C12H17N3O3S. The smallest absolute Gasteiger partial charge is 0.324 e.